The predicted molar refractivity (Wildman–Crippen MR) is 161 cm³/mol. The van der Waals surface area contributed by atoms with Crippen LogP contribution in [0.3, 0.4) is 0 Å². The lowest BCUT2D eigenvalue weighted by Gasteiger charge is -2.13. The summed E-state index contributed by atoms with van der Waals surface area (Å²) in [6, 6.07) is 8.18. The highest BCUT2D eigenvalue weighted by molar-refractivity contribution is 5.92. The quantitative estimate of drug-likeness (QED) is 0.210. The number of aryl methyl sites for hydroxylation is 1. The number of H-pyrrole nitrogens is 2. The van der Waals surface area contributed by atoms with Gasteiger partial charge in [0.2, 0.25) is 0 Å². The van der Waals surface area contributed by atoms with Crippen molar-refractivity contribution in [2.45, 2.75) is 41.0 Å². The zero-order valence-electron chi connectivity index (χ0n) is 22.9. The fourth-order valence-corrected chi connectivity index (χ4v) is 4.31. The van der Waals surface area contributed by atoms with Crippen molar-refractivity contribution >= 4 is 22.3 Å². The van der Waals surface area contributed by atoms with Gasteiger partial charge in [-0.1, -0.05) is 71.2 Å². The summed E-state index contributed by atoms with van der Waals surface area (Å²) in [6.45, 7) is 18.3. The molecule has 0 radical (unpaired) electrons. The first kappa shape index (κ1) is 26.6. The van der Waals surface area contributed by atoms with Gasteiger partial charge in [-0.2, -0.15) is 5.10 Å². The number of aromatic amines is 2. The van der Waals surface area contributed by atoms with E-state index >= 15 is 0 Å². The van der Waals surface area contributed by atoms with E-state index in [4.69, 9.17) is 4.98 Å². The first-order chi connectivity index (χ1) is 18.4. The Morgan fingerprint density at radius 3 is 2.68 bits per heavy atom. The zero-order chi connectivity index (χ0) is 27.2. The normalized spacial score (nSPS) is 12.9. The van der Waals surface area contributed by atoms with E-state index in [1.165, 1.54) is 5.57 Å². The average molecular weight is 505 g/mol. The molecule has 0 amide bonds. The molecule has 0 unspecified atom stereocenters. The summed E-state index contributed by atoms with van der Waals surface area (Å²) in [7, 11) is 0. The van der Waals surface area contributed by atoms with Crippen LogP contribution in [-0.2, 0) is 0 Å². The van der Waals surface area contributed by atoms with Crippen LogP contribution >= 0.6 is 0 Å². The molecule has 0 aromatic carbocycles. The summed E-state index contributed by atoms with van der Waals surface area (Å²) in [6.07, 6.45) is 15.0. The Morgan fingerprint density at radius 1 is 1.16 bits per heavy atom. The highest BCUT2D eigenvalue weighted by atomic mass is 15.1. The lowest BCUT2D eigenvalue weighted by Crippen LogP contribution is -2.04. The Labute approximate surface area is 225 Å². The minimum absolute atomic E-state index is 0.327. The number of nitrogens with one attached hydrogen (secondary N) is 3. The summed E-state index contributed by atoms with van der Waals surface area (Å²) < 4.78 is 0. The Morgan fingerprint density at radius 2 is 1.97 bits per heavy atom. The lowest BCUT2D eigenvalue weighted by atomic mass is 9.98. The van der Waals surface area contributed by atoms with Gasteiger partial charge in [-0.3, -0.25) is 10.1 Å². The van der Waals surface area contributed by atoms with Gasteiger partial charge in [0, 0.05) is 28.7 Å². The van der Waals surface area contributed by atoms with Gasteiger partial charge in [0.05, 0.1) is 28.8 Å². The van der Waals surface area contributed by atoms with Gasteiger partial charge in [0.25, 0.3) is 0 Å². The summed E-state index contributed by atoms with van der Waals surface area (Å²) in [4.78, 5) is 12.9. The van der Waals surface area contributed by atoms with Gasteiger partial charge < -0.3 is 10.3 Å². The number of hydrogen-bond donors (Lipinski definition) is 3. The number of rotatable bonds is 8. The van der Waals surface area contributed by atoms with E-state index in [0.29, 0.717) is 5.92 Å². The van der Waals surface area contributed by atoms with E-state index in [2.05, 4.69) is 89.8 Å². The van der Waals surface area contributed by atoms with Crippen LogP contribution in [-0.4, -0.2) is 25.1 Å². The Hall–Kier alpha value is -4.45. The van der Waals surface area contributed by atoms with Crippen LogP contribution in [0.15, 0.2) is 91.5 Å². The van der Waals surface area contributed by atoms with E-state index in [0.717, 1.165) is 68.3 Å². The Bertz CT molecular complexity index is 1560. The third-order valence-corrected chi connectivity index (χ3v) is 6.37. The van der Waals surface area contributed by atoms with E-state index in [1.54, 1.807) is 6.20 Å². The largest absolute Gasteiger partial charge is 0.358 e. The van der Waals surface area contributed by atoms with Crippen molar-refractivity contribution in [3.63, 3.8) is 0 Å². The first-order valence-corrected chi connectivity index (χ1v) is 13.1. The molecule has 4 aromatic rings. The van der Waals surface area contributed by atoms with E-state index in [-0.39, 0.29) is 0 Å². The molecule has 0 saturated carbocycles. The second-order valence-electron chi connectivity index (χ2n) is 9.27. The van der Waals surface area contributed by atoms with Gasteiger partial charge in [0.15, 0.2) is 0 Å². The molecule has 0 bridgehead atoms. The number of fused-ring (bicyclic) bond motifs is 1. The topological polar surface area (TPSA) is 82.3 Å². The maximum Gasteiger partial charge on any atom is 0.135 e. The Kier molecular flexibility index (Phi) is 8.22. The molecular formula is C32H36N6. The second-order valence-corrected chi connectivity index (χ2v) is 9.27. The van der Waals surface area contributed by atoms with Crippen LogP contribution in [0.5, 0.6) is 0 Å². The van der Waals surface area contributed by atoms with Crippen LogP contribution < -0.4 is 5.32 Å². The monoisotopic (exact) mass is 504 g/mol. The molecule has 6 heteroatoms. The van der Waals surface area contributed by atoms with Crippen LogP contribution in [0.2, 0.25) is 0 Å². The second kappa shape index (κ2) is 11.7. The zero-order valence-corrected chi connectivity index (χ0v) is 22.9. The molecule has 4 heterocycles. The molecule has 0 atom stereocenters. The number of hydrogen-bond acceptors (Lipinski definition) is 4. The third kappa shape index (κ3) is 5.44. The fraction of sp³-hybridized carbons (Fsp3) is 0.219. The van der Waals surface area contributed by atoms with Crippen LogP contribution in [0.25, 0.3) is 39.3 Å². The predicted octanol–water partition coefficient (Wildman–Crippen LogP) is 8.39. The molecule has 4 aromatic heterocycles. The molecule has 0 saturated heterocycles. The van der Waals surface area contributed by atoms with E-state index < -0.39 is 0 Å². The number of allylic oxidation sites excluding steroid dienone is 8. The third-order valence-electron chi connectivity index (χ3n) is 6.37. The fourth-order valence-electron chi connectivity index (χ4n) is 4.31. The molecule has 5 rings (SSSR count). The SMILES string of the molecule is C=C/C=C(/C1=CCC=C1)c1cc(-c2n[nH]c3ccc(-c4cncc(NC(=C)C(C)C)c4)nc23)[nH]c1C.CC. The van der Waals surface area contributed by atoms with Gasteiger partial charge in [-0.25, -0.2) is 4.98 Å². The lowest BCUT2D eigenvalue weighted by molar-refractivity contribution is 0.778. The van der Waals surface area contributed by atoms with Crippen LogP contribution in [0.1, 0.15) is 45.4 Å². The van der Waals surface area contributed by atoms with Crippen LogP contribution in [0.4, 0.5) is 5.69 Å². The summed E-state index contributed by atoms with van der Waals surface area (Å²) in [5, 5.41) is 11.1. The van der Waals surface area contributed by atoms with Crippen molar-refractivity contribution < 1.29 is 0 Å². The molecule has 3 N–H and O–H groups in total. The summed E-state index contributed by atoms with van der Waals surface area (Å²) in [5.74, 6) is 0.327. The summed E-state index contributed by atoms with van der Waals surface area (Å²) in [5.41, 5.74) is 11.5. The average Bonchev–Trinajstić information content (AvgIpc) is 3.68. The van der Waals surface area contributed by atoms with Gasteiger partial charge in [-0.15, -0.1) is 0 Å². The summed E-state index contributed by atoms with van der Waals surface area (Å²) >= 11 is 0. The molecule has 1 aliphatic rings. The number of anilines is 1. The van der Waals surface area contributed by atoms with Gasteiger partial charge in [-0.05, 0) is 54.7 Å². The maximum absolute atomic E-state index is 4.98. The minimum atomic E-state index is 0.327. The Balaban J connectivity index is 0.00000164. The van der Waals surface area contributed by atoms with Crippen molar-refractivity contribution in [1.29, 1.82) is 0 Å². The van der Waals surface area contributed by atoms with Crippen molar-refractivity contribution in [2.24, 2.45) is 5.92 Å². The minimum Gasteiger partial charge on any atom is -0.358 e. The molecular weight excluding hydrogens is 468 g/mol. The van der Waals surface area contributed by atoms with Crippen molar-refractivity contribution in [2.75, 3.05) is 5.32 Å². The molecule has 0 aliphatic heterocycles. The van der Waals surface area contributed by atoms with Crippen molar-refractivity contribution in [1.82, 2.24) is 25.1 Å². The molecule has 0 spiro atoms. The van der Waals surface area contributed by atoms with Crippen molar-refractivity contribution in [3.8, 4) is 22.6 Å². The molecule has 0 fully saturated rings. The highest BCUT2D eigenvalue weighted by Crippen LogP contribution is 2.34. The van der Waals surface area contributed by atoms with E-state index in [9.17, 15) is 0 Å². The number of pyridine rings is 2. The smallest absolute Gasteiger partial charge is 0.135 e. The standard InChI is InChI=1S/C30H30N6.C2H6/c1-6-9-24(21-10-7-8-11-21)25-15-28(33-20(25)5)30-29-27(35-36-30)13-12-26(34-29)22-14-23(17-31-16-22)32-19(4)18(2)3;1-2/h6-7,9-18,32-33H,1,4,8H2,2-3,5H3,(H,35,36);1-2H3/b24-9-;. The molecule has 38 heavy (non-hydrogen) atoms. The van der Waals surface area contributed by atoms with Gasteiger partial charge in [0.1, 0.15) is 11.2 Å². The maximum atomic E-state index is 4.98. The highest BCUT2D eigenvalue weighted by Gasteiger charge is 2.18. The van der Waals surface area contributed by atoms with E-state index in [1.807, 2.05) is 44.3 Å². The number of aromatic nitrogens is 5. The van der Waals surface area contributed by atoms with Crippen LogP contribution in [0, 0.1) is 12.8 Å². The van der Waals surface area contributed by atoms with Gasteiger partial charge >= 0.3 is 0 Å². The molecule has 194 valence electrons. The number of nitrogens with zero attached hydrogens (tertiary/aromatic N) is 3. The molecule has 1 aliphatic carbocycles. The van der Waals surface area contributed by atoms with Crippen molar-refractivity contribution in [3.05, 3.63) is 103 Å². The molecule has 6 nitrogen and oxygen atoms in total. The first-order valence-electron chi connectivity index (χ1n) is 13.1.